The fraction of sp³-hybridized carbons (Fsp3) is 0.261. The van der Waals surface area contributed by atoms with E-state index in [1.54, 1.807) is 12.1 Å². The number of nitrogens with one attached hydrogen (secondary N) is 1. The van der Waals surface area contributed by atoms with E-state index < -0.39 is 4.92 Å². The third-order valence-electron chi connectivity index (χ3n) is 5.36. The van der Waals surface area contributed by atoms with Gasteiger partial charge in [0.05, 0.1) is 10.6 Å². The van der Waals surface area contributed by atoms with Crippen LogP contribution >= 0.6 is 0 Å². The van der Waals surface area contributed by atoms with Crippen molar-refractivity contribution in [2.45, 2.75) is 25.7 Å². The largest absolute Gasteiger partial charge is 0.355 e. The number of nitro groups is 1. The molecule has 0 radical (unpaired) electrons. The lowest BCUT2D eigenvalue weighted by Crippen LogP contribution is -2.25. The van der Waals surface area contributed by atoms with Gasteiger partial charge in [-0.05, 0) is 49.2 Å². The summed E-state index contributed by atoms with van der Waals surface area (Å²) in [5.74, 6) is 0.585. The summed E-state index contributed by atoms with van der Waals surface area (Å²) in [7, 11) is 0. The Morgan fingerprint density at radius 1 is 0.871 bits per heavy atom. The lowest BCUT2D eigenvalue weighted by atomic mass is 10.1. The number of nitrogens with zero attached hydrogens (tertiary/aromatic N) is 4. The summed E-state index contributed by atoms with van der Waals surface area (Å²) in [6, 6.07) is 16.8. The maximum absolute atomic E-state index is 12.4. The number of benzene rings is 2. The molecule has 0 unspecified atom stereocenters. The second-order valence-corrected chi connectivity index (χ2v) is 7.51. The van der Waals surface area contributed by atoms with Crippen molar-refractivity contribution >= 4 is 23.1 Å². The molecule has 8 nitrogen and oxygen atoms in total. The number of carbonyl (C=O) groups is 1. The minimum atomic E-state index is -0.496. The summed E-state index contributed by atoms with van der Waals surface area (Å²) in [6.45, 7) is 2.05. The van der Waals surface area contributed by atoms with Gasteiger partial charge in [-0.1, -0.05) is 25.0 Å². The van der Waals surface area contributed by atoms with Gasteiger partial charge in [-0.3, -0.25) is 14.9 Å². The van der Waals surface area contributed by atoms with Crippen LogP contribution in [0.15, 0.2) is 60.7 Å². The molecule has 1 aliphatic rings. The number of carbonyl (C=O) groups excluding carboxylic acids is 1. The topological polar surface area (TPSA) is 101 Å². The van der Waals surface area contributed by atoms with Gasteiger partial charge in [-0.15, -0.1) is 10.2 Å². The third-order valence-corrected chi connectivity index (χ3v) is 5.36. The number of hydrogen-bond acceptors (Lipinski definition) is 6. The van der Waals surface area contributed by atoms with Crippen LogP contribution in [0.4, 0.5) is 17.2 Å². The molecule has 31 heavy (non-hydrogen) atoms. The van der Waals surface area contributed by atoms with Crippen molar-refractivity contribution in [3.63, 3.8) is 0 Å². The summed E-state index contributed by atoms with van der Waals surface area (Å²) in [6.07, 6.45) is 4.93. The molecule has 0 atom stereocenters. The standard InChI is InChI=1S/C23H23N5O3/c29-23(18-7-11-20(12-8-18)28(30)31)24-19-9-5-17(6-10-19)21-13-14-22(26-25-21)27-15-3-1-2-4-16-27/h5-14H,1-4,15-16H2,(H,24,29). The van der Waals surface area contributed by atoms with E-state index in [9.17, 15) is 14.9 Å². The molecule has 1 fully saturated rings. The van der Waals surface area contributed by atoms with Crippen molar-refractivity contribution in [2.24, 2.45) is 0 Å². The molecule has 8 heteroatoms. The molecule has 158 valence electrons. The second kappa shape index (κ2) is 9.34. The van der Waals surface area contributed by atoms with E-state index in [-0.39, 0.29) is 11.6 Å². The molecule has 0 aliphatic carbocycles. The molecule has 0 saturated carbocycles. The molecule has 4 rings (SSSR count). The van der Waals surface area contributed by atoms with E-state index in [4.69, 9.17) is 0 Å². The smallest absolute Gasteiger partial charge is 0.269 e. The average Bonchev–Trinajstić information content (AvgIpc) is 3.09. The van der Waals surface area contributed by atoms with Gasteiger partial charge in [0.25, 0.3) is 11.6 Å². The summed E-state index contributed by atoms with van der Waals surface area (Å²) in [4.78, 5) is 24.9. The predicted molar refractivity (Wildman–Crippen MR) is 119 cm³/mol. The molecule has 1 aromatic heterocycles. The molecule has 0 bridgehead atoms. The Hall–Kier alpha value is -3.81. The van der Waals surface area contributed by atoms with Crippen molar-refractivity contribution < 1.29 is 9.72 Å². The van der Waals surface area contributed by atoms with Crippen molar-refractivity contribution in [2.75, 3.05) is 23.3 Å². The highest BCUT2D eigenvalue weighted by Crippen LogP contribution is 2.22. The highest BCUT2D eigenvalue weighted by Gasteiger charge is 2.13. The Kier molecular flexibility index (Phi) is 6.16. The third kappa shape index (κ3) is 5.03. The first kappa shape index (κ1) is 20.5. The molecular weight excluding hydrogens is 394 g/mol. The Balaban J connectivity index is 1.40. The van der Waals surface area contributed by atoms with Crippen LogP contribution in [0, 0.1) is 10.1 Å². The molecule has 2 heterocycles. The first-order chi connectivity index (χ1) is 15.1. The number of nitro benzene ring substituents is 1. The zero-order chi connectivity index (χ0) is 21.6. The van der Waals surface area contributed by atoms with E-state index in [0.717, 1.165) is 30.2 Å². The number of anilines is 2. The molecule has 0 spiro atoms. The lowest BCUT2D eigenvalue weighted by Gasteiger charge is -2.20. The fourth-order valence-corrected chi connectivity index (χ4v) is 3.61. The van der Waals surface area contributed by atoms with E-state index in [0.29, 0.717) is 11.3 Å². The van der Waals surface area contributed by atoms with Crippen LogP contribution < -0.4 is 10.2 Å². The molecule has 1 saturated heterocycles. The molecule has 2 aromatic carbocycles. The van der Waals surface area contributed by atoms with Gasteiger partial charge in [0.15, 0.2) is 5.82 Å². The van der Waals surface area contributed by atoms with Crippen molar-refractivity contribution in [3.8, 4) is 11.3 Å². The van der Waals surface area contributed by atoms with Crippen molar-refractivity contribution in [3.05, 3.63) is 76.3 Å². The highest BCUT2D eigenvalue weighted by molar-refractivity contribution is 6.04. The SMILES string of the molecule is O=C(Nc1ccc(-c2ccc(N3CCCCCC3)nn2)cc1)c1ccc([N+](=O)[O-])cc1. The minimum Gasteiger partial charge on any atom is -0.355 e. The minimum absolute atomic E-state index is 0.0520. The van der Waals surface area contributed by atoms with E-state index in [1.165, 1.54) is 49.9 Å². The molecule has 1 N–H and O–H groups in total. The van der Waals surface area contributed by atoms with Gasteiger partial charge in [-0.25, -0.2) is 0 Å². The normalized spacial score (nSPS) is 14.0. The second-order valence-electron chi connectivity index (χ2n) is 7.51. The number of rotatable bonds is 5. The summed E-state index contributed by atoms with van der Waals surface area (Å²) in [5.41, 5.74) is 2.60. The van der Waals surface area contributed by atoms with Gasteiger partial charge in [0.1, 0.15) is 0 Å². The summed E-state index contributed by atoms with van der Waals surface area (Å²) < 4.78 is 0. The van der Waals surface area contributed by atoms with Gasteiger partial charge in [-0.2, -0.15) is 0 Å². The number of amides is 1. The van der Waals surface area contributed by atoms with Crippen LogP contribution in [-0.4, -0.2) is 34.1 Å². The van der Waals surface area contributed by atoms with Gasteiger partial charge >= 0.3 is 0 Å². The first-order valence-corrected chi connectivity index (χ1v) is 10.3. The maximum atomic E-state index is 12.4. The number of hydrogen-bond donors (Lipinski definition) is 1. The number of aromatic nitrogens is 2. The molecule has 1 amide bonds. The maximum Gasteiger partial charge on any atom is 0.269 e. The van der Waals surface area contributed by atoms with Crippen LogP contribution in [0.5, 0.6) is 0 Å². The van der Waals surface area contributed by atoms with Crippen LogP contribution in [0.1, 0.15) is 36.0 Å². The monoisotopic (exact) mass is 417 g/mol. The molecule has 1 aliphatic heterocycles. The van der Waals surface area contributed by atoms with Gasteiger partial charge < -0.3 is 10.2 Å². The van der Waals surface area contributed by atoms with E-state index >= 15 is 0 Å². The summed E-state index contributed by atoms with van der Waals surface area (Å²) in [5, 5.41) is 22.3. The van der Waals surface area contributed by atoms with Gasteiger partial charge in [0, 0.05) is 42.0 Å². The van der Waals surface area contributed by atoms with Crippen molar-refractivity contribution in [1.82, 2.24) is 10.2 Å². The summed E-state index contributed by atoms with van der Waals surface area (Å²) >= 11 is 0. The van der Waals surface area contributed by atoms with Crippen LogP contribution in [0.25, 0.3) is 11.3 Å². The molecular formula is C23H23N5O3. The Morgan fingerprint density at radius 3 is 2.13 bits per heavy atom. The predicted octanol–water partition coefficient (Wildman–Crippen LogP) is 4.68. The van der Waals surface area contributed by atoms with Crippen LogP contribution in [0.2, 0.25) is 0 Å². The van der Waals surface area contributed by atoms with Gasteiger partial charge in [0.2, 0.25) is 0 Å². The Labute approximate surface area is 180 Å². The first-order valence-electron chi connectivity index (χ1n) is 10.3. The van der Waals surface area contributed by atoms with Crippen molar-refractivity contribution in [1.29, 1.82) is 0 Å². The zero-order valence-corrected chi connectivity index (χ0v) is 17.0. The quantitative estimate of drug-likeness (QED) is 0.478. The van der Waals surface area contributed by atoms with Crippen LogP contribution in [-0.2, 0) is 0 Å². The van der Waals surface area contributed by atoms with E-state index in [2.05, 4.69) is 20.4 Å². The fourth-order valence-electron chi connectivity index (χ4n) is 3.61. The Bertz CT molecular complexity index is 1040. The Morgan fingerprint density at radius 2 is 1.55 bits per heavy atom. The molecule has 3 aromatic rings. The lowest BCUT2D eigenvalue weighted by molar-refractivity contribution is -0.384. The zero-order valence-electron chi connectivity index (χ0n) is 17.0. The highest BCUT2D eigenvalue weighted by atomic mass is 16.6. The average molecular weight is 417 g/mol. The number of non-ortho nitro benzene ring substituents is 1. The van der Waals surface area contributed by atoms with E-state index in [1.807, 2.05) is 24.3 Å². The van der Waals surface area contributed by atoms with Crippen LogP contribution in [0.3, 0.4) is 0 Å².